The topological polar surface area (TPSA) is 41.6 Å². The summed E-state index contributed by atoms with van der Waals surface area (Å²) in [7, 11) is 0. The Morgan fingerprint density at radius 1 is 1.11 bits per heavy atom. The lowest BCUT2D eigenvalue weighted by molar-refractivity contribution is 1.28. The van der Waals surface area contributed by atoms with Gasteiger partial charge in [-0.1, -0.05) is 35.3 Å². The summed E-state index contributed by atoms with van der Waals surface area (Å²) >= 11 is 12.2. The summed E-state index contributed by atoms with van der Waals surface area (Å²) in [6, 6.07) is 5.97. The number of nitrogens with one attached hydrogen (secondary N) is 1. The summed E-state index contributed by atoms with van der Waals surface area (Å²) in [5.41, 5.74) is 3.69. The van der Waals surface area contributed by atoms with E-state index in [0.717, 1.165) is 16.6 Å². The number of rotatable bonds is 1. The quantitative estimate of drug-likeness (QED) is 0.723. The molecule has 0 aliphatic carbocycles. The maximum absolute atomic E-state index is 6.12. The van der Waals surface area contributed by atoms with Gasteiger partial charge in [-0.05, 0) is 18.6 Å². The van der Waals surface area contributed by atoms with E-state index in [0.29, 0.717) is 21.4 Å². The maximum atomic E-state index is 6.12. The first-order chi connectivity index (χ1) is 8.66. The Balaban J connectivity index is 2.30. The molecule has 0 atom stereocenters. The predicted octanol–water partition coefficient (Wildman–Crippen LogP) is 4.24. The van der Waals surface area contributed by atoms with E-state index in [1.807, 2.05) is 25.1 Å². The van der Waals surface area contributed by atoms with Gasteiger partial charge in [-0.15, -0.1) is 0 Å². The van der Waals surface area contributed by atoms with Crippen molar-refractivity contribution in [2.24, 2.45) is 0 Å². The van der Waals surface area contributed by atoms with E-state index in [-0.39, 0.29) is 0 Å². The number of benzene rings is 1. The minimum absolute atomic E-state index is 0.485. The molecule has 0 fully saturated rings. The standard InChI is InChI=1S/C13H9Cl2N3/c1-7-3-2-4-10-12(7)18-13(17-10)11-8(14)5-16-6-9(11)15/h2-6H,1H3,(H,17,18). The average Bonchev–Trinajstić information content (AvgIpc) is 2.74. The molecule has 0 spiro atoms. The van der Waals surface area contributed by atoms with Gasteiger partial charge in [-0.2, -0.15) is 0 Å². The van der Waals surface area contributed by atoms with Gasteiger partial charge in [0.15, 0.2) is 0 Å². The van der Waals surface area contributed by atoms with Crippen molar-refractivity contribution < 1.29 is 0 Å². The van der Waals surface area contributed by atoms with Gasteiger partial charge in [0.2, 0.25) is 0 Å². The second-order valence-corrected chi connectivity index (χ2v) is 4.85. The van der Waals surface area contributed by atoms with E-state index >= 15 is 0 Å². The molecule has 3 aromatic rings. The third-order valence-corrected chi connectivity index (χ3v) is 3.38. The number of nitrogens with zero attached hydrogens (tertiary/aromatic N) is 2. The molecule has 0 amide bonds. The van der Waals surface area contributed by atoms with Crippen LogP contribution in [0.15, 0.2) is 30.6 Å². The van der Waals surface area contributed by atoms with Crippen LogP contribution in [-0.2, 0) is 0 Å². The van der Waals surface area contributed by atoms with Crippen LogP contribution < -0.4 is 0 Å². The van der Waals surface area contributed by atoms with Crippen molar-refractivity contribution in [1.29, 1.82) is 0 Å². The van der Waals surface area contributed by atoms with E-state index in [4.69, 9.17) is 23.2 Å². The van der Waals surface area contributed by atoms with E-state index in [9.17, 15) is 0 Å². The van der Waals surface area contributed by atoms with Crippen LogP contribution in [0.5, 0.6) is 0 Å². The fourth-order valence-corrected chi connectivity index (χ4v) is 2.48. The fourth-order valence-electron chi connectivity index (χ4n) is 1.93. The number of para-hydroxylation sites is 1. The first-order valence-electron chi connectivity index (χ1n) is 5.41. The van der Waals surface area contributed by atoms with Crippen molar-refractivity contribution in [3.05, 3.63) is 46.2 Å². The molecule has 1 aromatic carbocycles. The molecule has 5 heteroatoms. The molecule has 3 nitrogen and oxygen atoms in total. The number of hydrogen-bond donors (Lipinski definition) is 1. The van der Waals surface area contributed by atoms with Crippen LogP contribution in [0.3, 0.4) is 0 Å². The van der Waals surface area contributed by atoms with Crippen molar-refractivity contribution >= 4 is 34.2 Å². The van der Waals surface area contributed by atoms with Gasteiger partial charge < -0.3 is 4.98 Å². The van der Waals surface area contributed by atoms with Crippen molar-refractivity contribution in [2.45, 2.75) is 6.92 Å². The minimum atomic E-state index is 0.485. The monoisotopic (exact) mass is 277 g/mol. The number of pyridine rings is 1. The van der Waals surface area contributed by atoms with Crippen molar-refractivity contribution in [3.63, 3.8) is 0 Å². The Labute approximate surface area is 114 Å². The Morgan fingerprint density at radius 3 is 2.50 bits per heavy atom. The van der Waals surface area contributed by atoms with Crippen molar-refractivity contribution in [2.75, 3.05) is 0 Å². The summed E-state index contributed by atoms with van der Waals surface area (Å²) in [6.45, 7) is 2.02. The normalized spacial score (nSPS) is 11.1. The predicted molar refractivity (Wildman–Crippen MR) is 74.1 cm³/mol. The molecule has 90 valence electrons. The Bertz CT molecular complexity index is 714. The number of hydrogen-bond acceptors (Lipinski definition) is 2. The van der Waals surface area contributed by atoms with Gasteiger partial charge >= 0.3 is 0 Å². The van der Waals surface area contributed by atoms with E-state index in [1.165, 1.54) is 0 Å². The fraction of sp³-hybridized carbons (Fsp3) is 0.0769. The van der Waals surface area contributed by atoms with Gasteiger partial charge in [0.1, 0.15) is 5.82 Å². The Morgan fingerprint density at radius 2 is 1.83 bits per heavy atom. The summed E-state index contributed by atoms with van der Waals surface area (Å²) in [4.78, 5) is 11.7. The Hall–Kier alpha value is -1.58. The lowest BCUT2D eigenvalue weighted by atomic mass is 10.2. The highest BCUT2D eigenvalue weighted by Crippen LogP contribution is 2.33. The SMILES string of the molecule is Cc1cccc2[nH]c(-c3c(Cl)cncc3Cl)nc12. The van der Waals surface area contributed by atoms with Gasteiger partial charge in [0, 0.05) is 12.4 Å². The van der Waals surface area contributed by atoms with Crippen LogP contribution in [0.2, 0.25) is 10.0 Å². The Kier molecular flexibility index (Phi) is 2.73. The second kappa shape index (κ2) is 4.26. The molecule has 2 heterocycles. The zero-order chi connectivity index (χ0) is 12.7. The molecule has 0 saturated carbocycles. The molecule has 0 aliphatic heterocycles. The zero-order valence-electron chi connectivity index (χ0n) is 9.54. The van der Waals surface area contributed by atoms with Gasteiger partial charge in [-0.25, -0.2) is 4.98 Å². The van der Waals surface area contributed by atoms with Gasteiger partial charge in [0.05, 0.1) is 26.6 Å². The molecule has 0 saturated heterocycles. The summed E-state index contributed by atoms with van der Waals surface area (Å²) in [5.74, 6) is 0.664. The lowest BCUT2D eigenvalue weighted by Gasteiger charge is -2.01. The molecular weight excluding hydrogens is 269 g/mol. The van der Waals surface area contributed by atoms with Crippen LogP contribution in [0, 0.1) is 6.92 Å². The molecule has 0 bridgehead atoms. The average molecular weight is 278 g/mol. The summed E-state index contributed by atoms with van der Waals surface area (Å²) in [6.07, 6.45) is 3.12. The van der Waals surface area contributed by atoms with Crippen molar-refractivity contribution in [1.82, 2.24) is 15.0 Å². The second-order valence-electron chi connectivity index (χ2n) is 4.03. The lowest BCUT2D eigenvalue weighted by Crippen LogP contribution is -1.85. The molecule has 2 aromatic heterocycles. The highest BCUT2D eigenvalue weighted by molar-refractivity contribution is 6.38. The van der Waals surface area contributed by atoms with E-state index < -0.39 is 0 Å². The number of H-pyrrole nitrogens is 1. The van der Waals surface area contributed by atoms with Crippen LogP contribution in [0.25, 0.3) is 22.4 Å². The summed E-state index contributed by atoms with van der Waals surface area (Å²) < 4.78 is 0. The highest BCUT2D eigenvalue weighted by atomic mass is 35.5. The molecule has 1 N–H and O–H groups in total. The molecule has 0 aliphatic rings. The molecule has 0 radical (unpaired) electrons. The molecule has 18 heavy (non-hydrogen) atoms. The van der Waals surface area contributed by atoms with Crippen LogP contribution in [-0.4, -0.2) is 15.0 Å². The highest BCUT2D eigenvalue weighted by Gasteiger charge is 2.13. The zero-order valence-corrected chi connectivity index (χ0v) is 11.0. The number of aryl methyl sites for hydroxylation is 1. The number of aromatic amines is 1. The maximum Gasteiger partial charge on any atom is 0.141 e. The smallest absolute Gasteiger partial charge is 0.141 e. The third-order valence-electron chi connectivity index (χ3n) is 2.80. The van der Waals surface area contributed by atoms with Crippen molar-refractivity contribution in [3.8, 4) is 11.4 Å². The van der Waals surface area contributed by atoms with Gasteiger partial charge in [0.25, 0.3) is 0 Å². The number of halogens is 2. The molecule has 0 unspecified atom stereocenters. The third kappa shape index (κ3) is 1.76. The number of fused-ring (bicyclic) bond motifs is 1. The van der Waals surface area contributed by atoms with Gasteiger partial charge in [-0.3, -0.25) is 4.98 Å². The number of aromatic nitrogens is 3. The molecule has 3 rings (SSSR count). The summed E-state index contributed by atoms with van der Waals surface area (Å²) in [5, 5.41) is 0.971. The van der Waals surface area contributed by atoms with E-state index in [2.05, 4.69) is 15.0 Å². The largest absolute Gasteiger partial charge is 0.338 e. The first kappa shape index (κ1) is 11.5. The van der Waals surface area contributed by atoms with Crippen LogP contribution in [0.1, 0.15) is 5.56 Å². The van der Waals surface area contributed by atoms with Crippen LogP contribution >= 0.6 is 23.2 Å². The molecular formula is C13H9Cl2N3. The minimum Gasteiger partial charge on any atom is -0.338 e. The number of imidazole rings is 1. The first-order valence-corrected chi connectivity index (χ1v) is 6.17. The van der Waals surface area contributed by atoms with Crippen LogP contribution in [0.4, 0.5) is 0 Å². The van der Waals surface area contributed by atoms with E-state index in [1.54, 1.807) is 12.4 Å².